The quantitative estimate of drug-likeness (QED) is 0.204. The number of amides is 1. The van der Waals surface area contributed by atoms with Crippen molar-refractivity contribution in [2.24, 2.45) is 10.9 Å². The first-order valence-electron chi connectivity index (χ1n) is 9.48. The van der Waals surface area contributed by atoms with Crippen LogP contribution in [0.15, 0.2) is 33.7 Å². The lowest BCUT2D eigenvalue weighted by Crippen LogP contribution is -2.42. The number of aliphatic imine (C=N–C) groups is 1. The van der Waals surface area contributed by atoms with Crippen LogP contribution in [0.1, 0.15) is 24.8 Å². The molecule has 1 aromatic carbocycles. The van der Waals surface area contributed by atoms with Crippen molar-refractivity contribution in [3.05, 3.63) is 34.3 Å². The van der Waals surface area contributed by atoms with Gasteiger partial charge in [-0.2, -0.15) is 0 Å². The number of rotatable bonds is 10. The lowest BCUT2D eigenvalue weighted by Gasteiger charge is -2.23. The molecule has 6 nitrogen and oxygen atoms in total. The van der Waals surface area contributed by atoms with E-state index in [1.165, 1.54) is 12.8 Å². The number of ether oxygens (including phenoxy) is 1. The molecule has 1 saturated carbocycles. The summed E-state index contributed by atoms with van der Waals surface area (Å²) in [5.41, 5.74) is 1.10. The van der Waals surface area contributed by atoms with Gasteiger partial charge in [0.25, 0.3) is 0 Å². The van der Waals surface area contributed by atoms with Gasteiger partial charge in [0.2, 0.25) is 5.91 Å². The Bertz CT molecular complexity index is 640. The fourth-order valence-electron chi connectivity index (χ4n) is 2.67. The first-order valence-corrected chi connectivity index (χ1v) is 10.3. The van der Waals surface area contributed by atoms with E-state index in [0.29, 0.717) is 26.1 Å². The molecule has 8 heteroatoms. The molecule has 1 aliphatic rings. The van der Waals surface area contributed by atoms with Gasteiger partial charge in [-0.15, -0.1) is 24.0 Å². The number of likely N-dealkylation sites (N-methyl/N-ethyl adjacent to an activating group) is 1. The van der Waals surface area contributed by atoms with Gasteiger partial charge < -0.3 is 19.9 Å². The average molecular weight is 567 g/mol. The van der Waals surface area contributed by atoms with Crippen molar-refractivity contribution in [2.45, 2.75) is 25.8 Å². The fraction of sp³-hybridized carbons (Fsp3) is 0.600. The monoisotopic (exact) mass is 566 g/mol. The van der Waals surface area contributed by atoms with Crippen molar-refractivity contribution in [2.75, 3.05) is 47.4 Å². The van der Waals surface area contributed by atoms with Crippen LogP contribution in [-0.2, 0) is 16.1 Å². The first-order chi connectivity index (χ1) is 13.0. The molecule has 0 saturated heterocycles. The van der Waals surface area contributed by atoms with Crippen LogP contribution in [0.3, 0.4) is 0 Å². The van der Waals surface area contributed by atoms with Crippen molar-refractivity contribution in [1.82, 2.24) is 15.1 Å². The molecule has 0 unspecified atom stereocenters. The topological polar surface area (TPSA) is 57.2 Å². The fourth-order valence-corrected chi connectivity index (χ4v) is 3.08. The van der Waals surface area contributed by atoms with Crippen molar-refractivity contribution in [3.63, 3.8) is 0 Å². The Morgan fingerprint density at radius 1 is 1.29 bits per heavy atom. The van der Waals surface area contributed by atoms with Crippen molar-refractivity contribution in [3.8, 4) is 0 Å². The zero-order chi connectivity index (χ0) is 19.6. The minimum Gasteiger partial charge on any atom is -0.379 e. The number of nitrogens with zero attached hydrogens (tertiary/aromatic N) is 3. The van der Waals surface area contributed by atoms with Crippen LogP contribution in [0, 0.1) is 5.92 Å². The van der Waals surface area contributed by atoms with Crippen LogP contribution in [0.25, 0.3) is 0 Å². The zero-order valence-corrected chi connectivity index (χ0v) is 20.9. The Balaban J connectivity index is 0.00000392. The summed E-state index contributed by atoms with van der Waals surface area (Å²) >= 11 is 3.53. The van der Waals surface area contributed by atoms with Crippen molar-refractivity contribution < 1.29 is 9.53 Å². The third kappa shape index (κ3) is 9.09. The number of hydrogen-bond donors (Lipinski definition) is 1. The maximum absolute atomic E-state index is 12.4. The predicted octanol–water partition coefficient (Wildman–Crippen LogP) is 3.35. The largest absolute Gasteiger partial charge is 0.379 e. The van der Waals surface area contributed by atoms with Gasteiger partial charge in [0.15, 0.2) is 5.96 Å². The Kier molecular flexibility index (Phi) is 12.0. The molecule has 0 radical (unpaired) electrons. The van der Waals surface area contributed by atoms with Gasteiger partial charge in [0.1, 0.15) is 0 Å². The molecular formula is C20H32BrIN4O2. The van der Waals surface area contributed by atoms with E-state index in [-0.39, 0.29) is 29.9 Å². The van der Waals surface area contributed by atoms with Crippen molar-refractivity contribution in [1.29, 1.82) is 0 Å². The van der Waals surface area contributed by atoms with Gasteiger partial charge in [-0.05, 0) is 30.4 Å². The van der Waals surface area contributed by atoms with E-state index in [1.807, 2.05) is 43.3 Å². The summed E-state index contributed by atoms with van der Waals surface area (Å²) in [7, 11) is 5.57. The maximum atomic E-state index is 12.4. The second-order valence-electron chi connectivity index (χ2n) is 7.01. The lowest BCUT2D eigenvalue weighted by molar-refractivity contribution is -0.130. The van der Waals surface area contributed by atoms with Crippen molar-refractivity contribution >= 4 is 51.8 Å². The van der Waals surface area contributed by atoms with Gasteiger partial charge in [-0.3, -0.25) is 9.79 Å². The summed E-state index contributed by atoms with van der Waals surface area (Å²) in [6.07, 6.45) is 3.04. The van der Waals surface area contributed by atoms with Gasteiger partial charge in [0.05, 0.1) is 6.61 Å². The van der Waals surface area contributed by atoms with Crippen LogP contribution in [0.5, 0.6) is 0 Å². The highest BCUT2D eigenvalue weighted by Gasteiger charge is 2.21. The van der Waals surface area contributed by atoms with E-state index in [4.69, 9.17) is 4.74 Å². The summed E-state index contributed by atoms with van der Waals surface area (Å²) < 4.78 is 6.70. The number of carbonyl (C=O) groups excluding carboxylic acids is 1. The van der Waals surface area contributed by atoms with Gasteiger partial charge >= 0.3 is 0 Å². The zero-order valence-electron chi connectivity index (χ0n) is 17.0. The number of benzene rings is 1. The van der Waals surface area contributed by atoms with E-state index >= 15 is 0 Å². The molecule has 0 heterocycles. The molecule has 2 rings (SSSR count). The highest BCUT2D eigenvalue weighted by Crippen LogP contribution is 2.28. The summed E-state index contributed by atoms with van der Waals surface area (Å²) in [5.74, 6) is 1.67. The summed E-state index contributed by atoms with van der Waals surface area (Å²) in [6.45, 7) is 3.49. The van der Waals surface area contributed by atoms with Crippen LogP contribution in [0.4, 0.5) is 0 Å². The Labute approximate surface area is 194 Å². The molecule has 1 aromatic rings. The molecule has 0 bridgehead atoms. The number of halogens is 2. The van der Waals surface area contributed by atoms with Gasteiger partial charge in [0, 0.05) is 58.3 Å². The van der Waals surface area contributed by atoms with Crippen LogP contribution >= 0.6 is 39.9 Å². The number of hydrogen-bond acceptors (Lipinski definition) is 3. The number of guanidine groups is 1. The van der Waals surface area contributed by atoms with E-state index in [0.717, 1.165) is 35.1 Å². The molecule has 1 fully saturated rings. The Morgan fingerprint density at radius 2 is 2.00 bits per heavy atom. The molecule has 1 amide bonds. The predicted molar refractivity (Wildman–Crippen MR) is 128 cm³/mol. The normalized spacial score (nSPS) is 13.6. The van der Waals surface area contributed by atoms with Gasteiger partial charge in [-0.1, -0.05) is 34.1 Å². The molecule has 1 aliphatic carbocycles. The van der Waals surface area contributed by atoms with E-state index in [1.54, 1.807) is 11.9 Å². The number of nitrogens with one attached hydrogen (secondary N) is 1. The van der Waals surface area contributed by atoms with E-state index < -0.39 is 0 Å². The summed E-state index contributed by atoms with van der Waals surface area (Å²) in [4.78, 5) is 20.4. The average Bonchev–Trinajstić information content (AvgIpc) is 3.48. The van der Waals surface area contributed by atoms with Crippen LogP contribution < -0.4 is 5.32 Å². The minimum atomic E-state index is 0. The van der Waals surface area contributed by atoms with E-state index in [9.17, 15) is 4.79 Å². The van der Waals surface area contributed by atoms with Gasteiger partial charge in [-0.25, -0.2) is 0 Å². The molecule has 0 aliphatic heterocycles. The standard InChI is InChI=1S/C20H31BrN4O2.HI/c1-22-20(24(2)12-13-27-15-16-8-9-16)23-11-10-19(26)25(3)14-17-6-4-5-7-18(17)21;/h4-7,16H,8-15H2,1-3H3,(H,22,23);1H. The molecule has 0 aromatic heterocycles. The highest BCUT2D eigenvalue weighted by molar-refractivity contribution is 14.0. The highest BCUT2D eigenvalue weighted by atomic mass is 127. The molecular weight excluding hydrogens is 535 g/mol. The third-order valence-electron chi connectivity index (χ3n) is 4.61. The maximum Gasteiger partial charge on any atom is 0.224 e. The van der Waals surface area contributed by atoms with Crippen LogP contribution in [-0.4, -0.2) is 69.1 Å². The molecule has 0 atom stereocenters. The smallest absolute Gasteiger partial charge is 0.224 e. The molecule has 1 N–H and O–H groups in total. The Morgan fingerprint density at radius 3 is 2.64 bits per heavy atom. The lowest BCUT2D eigenvalue weighted by atomic mass is 10.2. The molecule has 28 heavy (non-hydrogen) atoms. The second kappa shape index (κ2) is 13.4. The third-order valence-corrected chi connectivity index (χ3v) is 5.38. The summed E-state index contributed by atoms with van der Waals surface area (Å²) in [5, 5.41) is 3.26. The number of carbonyl (C=O) groups is 1. The van der Waals surface area contributed by atoms with Crippen LogP contribution in [0.2, 0.25) is 0 Å². The first kappa shape index (κ1) is 25.2. The molecule has 0 spiro atoms. The SMILES string of the molecule is CN=C(NCCC(=O)N(C)Cc1ccccc1Br)N(C)CCOCC1CC1.I. The van der Waals surface area contributed by atoms with E-state index in [2.05, 4.69) is 26.2 Å². The summed E-state index contributed by atoms with van der Waals surface area (Å²) in [6, 6.07) is 7.96. The molecule has 158 valence electrons. The second-order valence-corrected chi connectivity index (χ2v) is 7.86. The Hall–Kier alpha value is -0.870. The minimum absolute atomic E-state index is 0.